The number of benzene rings is 3. The fourth-order valence-electron chi connectivity index (χ4n) is 2.74. The summed E-state index contributed by atoms with van der Waals surface area (Å²) in [6.07, 6.45) is 0. The van der Waals surface area contributed by atoms with Crippen LogP contribution in [0, 0.1) is 5.82 Å². The quantitative estimate of drug-likeness (QED) is 0.476. The van der Waals surface area contributed by atoms with Gasteiger partial charge >= 0.3 is 12.0 Å². The first-order valence-corrected chi connectivity index (χ1v) is 8.64. The van der Waals surface area contributed by atoms with Gasteiger partial charge in [-0.1, -0.05) is 60.7 Å². The van der Waals surface area contributed by atoms with E-state index in [1.807, 2.05) is 60.7 Å². The van der Waals surface area contributed by atoms with Crippen LogP contribution >= 0.6 is 0 Å². The van der Waals surface area contributed by atoms with Crippen molar-refractivity contribution < 1.29 is 13.6 Å². The molecule has 0 aliphatic heterocycles. The van der Waals surface area contributed by atoms with E-state index < -0.39 is 6.03 Å². The molecule has 28 heavy (non-hydrogen) atoms. The van der Waals surface area contributed by atoms with Crippen molar-refractivity contribution in [2.45, 2.75) is 0 Å². The van der Waals surface area contributed by atoms with Gasteiger partial charge in [0.05, 0.1) is 0 Å². The number of carbonyl (C=O) groups excluding carboxylic acids is 1. The zero-order valence-corrected chi connectivity index (χ0v) is 14.7. The molecule has 2 N–H and O–H groups in total. The van der Waals surface area contributed by atoms with E-state index in [1.165, 1.54) is 24.3 Å². The lowest BCUT2D eigenvalue weighted by atomic mass is 10.1. The highest BCUT2D eigenvalue weighted by Crippen LogP contribution is 2.34. The predicted molar refractivity (Wildman–Crippen MR) is 106 cm³/mol. The van der Waals surface area contributed by atoms with Gasteiger partial charge in [0.2, 0.25) is 0 Å². The van der Waals surface area contributed by atoms with Crippen LogP contribution in [0.2, 0.25) is 0 Å². The maximum absolute atomic E-state index is 13.0. The van der Waals surface area contributed by atoms with Crippen LogP contribution in [0.25, 0.3) is 22.6 Å². The molecule has 0 radical (unpaired) electrons. The van der Waals surface area contributed by atoms with Crippen molar-refractivity contribution in [1.29, 1.82) is 0 Å². The van der Waals surface area contributed by atoms with Gasteiger partial charge in [0, 0.05) is 16.8 Å². The zero-order valence-electron chi connectivity index (χ0n) is 14.7. The Morgan fingerprint density at radius 1 is 0.786 bits per heavy atom. The van der Waals surface area contributed by atoms with Gasteiger partial charge in [-0.25, -0.2) is 9.18 Å². The summed E-state index contributed by atoms with van der Waals surface area (Å²) in [5.74, 6) is 0.183. The average Bonchev–Trinajstić information content (AvgIpc) is 3.15. The molecule has 1 aromatic heterocycles. The first-order chi connectivity index (χ1) is 13.7. The molecule has 3 aromatic carbocycles. The van der Waals surface area contributed by atoms with Crippen LogP contribution < -0.4 is 10.6 Å². The molecule has 0 spiro atoms. The van der Waals surface area contributed by atoms with Crippen molar-refractivity contribution in [3.63, 3.8) is 0 Å². The summed E-state index contributed by atoms with van der Waals surface area (Å²) < 4.78 is 18.8. The third-order valence-corrected chi connectivity index (χ3v) is 4.03. The number of nitrogens with one attached hydrogen (secondary N) is 2. The van der Waals surface area contributed by atoms with Crippen molar-refractivity contribution in [3.05, 3.63) is 90.7 Å². The van der Waals surface area contributed by atoms with E-state index in [0.29, 0.717) is 17.1 Å². The first kappa shape index (κ1) is 17.5. The van der Waals surface area contributed by atoms with Crippen molar-refractivity contribution in [1.82, 2.24) is 4.98 Å². The SMILES string of the molecule is O=C(Nc1ccc(F)cc1)Nc1nc(-c2ccccc2)c(-c2ccccc2)o1. The van der Waals surface area contributed by atoms with Gasteiger partial charge in [-0.05, 0) is 24.3 Å². The predicted octanol–water partition coefficient (Wildman–Crippen LogP) is 5.79. The summed E-state index contributed by atoms with van der Waals surface area (Å²) >= 11 is 0. The minimum atomic E-state index is -0.535. The van der Waals surface area contributed by atoms with Crippen molar-refractivity contribution in [2.24, 2.45) is 0 Å². The Bertz CT molecular complexity index is 1020. The molecule has 0 bridgehead atoms. The van der Waals surface area contributed by atoms with E-state index in [2.05, 4.69) is 15.6 Å². The summed E-state index contributed by atoms with van der Waals surface area (Å²) in [7, 11) is 0. The minimum Gasteiger partial charge on any atom is -0.423 e. The van der Waals surface area contributed by atoms with E-state index >= 15 is 0 Å². The lowest BCUT2D eigenvalue weighted by molar-refractivity contribution is 0.261. The largest absolute Gasteiger partial charge is 0.423 e. The Balaban J connectivity index is 1.62. The summed E-state index contributed by atoms with van der Waals surface area (Å²) in [5.41, 5.74) is 2.80. The molecule has 4 aromatic rings. The first-order valence-electron chi connectivity index (χ1n) is 8.64. The fourth-order valence-corrected chi connectivity index (χ4v) is 2.74. The Labute approximate surface area is 160 Å². The van der Waals surface area contributed by atoms with E-state index in [9.17, 15) is 9.18 Å². The summed E-state index contributed by atoms with van der Waals surface area (Å²) in [5, 5.41) is 5.19. The van der Waals surface area contributed by atoms with Crippen molar-refractivity contribution in [3.8, 4) is 22.6 Å². The number of nitrogens with zero attached hydrogens (tertiary/aromatic N) is 1. The molecule has 0 fully saturated rings. The number of oxazole rings is 1. The molecule has 0 aliphatic rings. The molecule has 5 nitrogen and oxygen atoms in total. The number of hydrogen-bond donors (Lipinski definition) is 2. The molecule has 4 rings (SSSR count). The standard InChI is InChI=1S/C22H16FN3O2/c23-17-11-13-18(14-12-17)24-21(27)26-22-25-19(15-7-3-1-4-8-15)20(28-22)16-9-5-2-6-10-16/h1-14H,(H2,24,25,26,27). The van der Waals surface area contributed by atoms with Crippen molar-refractivity contribution in [2.75, 3.05) is 10.6 Å². The van der Waals surface area contributed by atoms with E-state index in [4.69, 9.17) is 4.42 Å². The van der Waals surface area contributed by atoms with Gasteiger partial charge in [0.15, 0.2) is 5.76 Å². The lowest BCUT2D eigenvalue weighted by Gasteiger charge is -2.04. The van der Waals surface area contributed by atoms with Crippen LogP contribution in [-0.4, -0.2) is 11.0 Å². The molecule has 0 saturated heterocycles. The van der Waals surface area contributed by atoms with Crippen LogP contribution in [0.3, 0.4) is 0 Å². The summed E-state index contributed by atoms with van der Waals surface area (Å²) in [6, 6.07) is 24.1. The number of amides is 2. The second-order valence-electron chi connectivity index (χ2n) is 6.01. The third-order valence-electron chi connectivity index (χ3n) is 4.03. The number of carbonyl (C=O) groups is 1. The molecule has 0 unspecified atom stereocenters. The van der Waals surface area contributed by atoms with Gasteiger partial charge in [-0.3, -0.25) is 5.32 Å². The summed E-state index contributed by atoms with van der Waals surface area (Å²) in [6.45, 7) is 0. The van der Waals surface area contributed by atoms with Crippen LogP contribution in [0.4, 0.5) is 20.9 Å². The maximum atomic E-state index is 13.0. The molecule has 2 amide bonds. The average molecular weight is 373 g/mol. The van der Waals surface area contributed by atoms with Crippen molar-refractivity contribution >= 4 is 17.7 Å². The Morgan fingerprint density at radius 3 is 2.04 bits per heavy atom. The maximum Gasteiger partial charge on any atom is 0.327 e. The van der Waals surface area contributed by atoms with E-state index in [1.54, 1.807) is 0 Å². The molecule has 0 atom stereocenters. The Kier molecular flexibility index (Phi) is 4.84. The molecule has 138 valence electrons. The highest BCUT2D eigenvalue weighted by molar-refractivity contribution is 5.98. The fraction of sp³-hybridized carbons (Fsp3) is 0. The van der Waals surface area contributed by atoms with E-state index in [0.717, 1.165) is 11.1 Å². The molecule has 6 heteroatoms. The van der Waals surface area contributed by atoms with Crippen LogP contribution in [-0.2, 0) is 0 Å². The smallest absolute Gasteiger partial charge is 0.327 e. The minimum absolute atomic E-state index is 0.0670. The highest BCUT2D eigenvalue weighted by Gasteiger charge is 2.18. The normalized spacial score (nSPS) is 10.5. The number of anilines is 2. The molecular weight excluding hydrogens is 357 g/mol. The van der Waals surface area contributed by atoms with Gasteiger partial charge < -0.3 is 9.73 Å². The van der Waals surface area contributed by atoms with Gasteiger partial charge in [0.25, 0.3) is 0 Å². The Morgan fingerprint density at radius 2 is 1.39 bits per heavy atom. The highest BCUT2D eigenvalue weighted by atomic mass is 19.1. The molecular formula is C22H16FN3O2. The number of rotatable bonds is 4. The molecule has 0 aliphatic carbocycles. The lowest BCUT2D eigenvalue weighted by Crippen LogP contribution is -2.19. The van der Waals surface area contributed by atoms with Crippen LogP contribution in [0.1, 0.15) is 0 Å². The summed E-state index contributed by atoms with van der Waals surface area (Å²) in [4.78, 5) is 16.7. The molecule has 1 heterocycles. The van der Waals surface area contributed by atoms with E-state index in [-0.39, 0.29) is 11.8 Å². The number of hydrogen-bond acceptors (Lipinski definition) is 3. The number of halogens is 1. The monoisotopic (exact) mass is 373 g/mol. The third kappa shape index (κ3) is 3.91. The second-order valence-corrected chi connectivity index (χ2v) is 6.01. The van der Waals surface area contributed by atoms with Gasteiger partial charge in [0.1, 0.15) is 11.5 Å². The van der Waals surface area contributed by atoms with Gasteiger partial charge in [-0.15, -0.1) is 0 Å². The van der Waals surface area contributed by atoms with Crippen LogP contribution in [0.15, 0.2) is 89.3 Å². The topological polar surface area (TPSA) is 67.2 Å². The number of urea groups is 1. The molecule has 0 saturated carbocycles. The van der Waals surface area contributed by atoms with Crippen LogP contribution in [0.5, 0.6) is 0 Å². The zero-order chi connectivity index (χ0) is 19.3. The van der Waals surface area contributed by atoms with Gasteiger partial charge in [-0.2, -0.15) is 4.98 Å². The Hall–Kier alpha value is -3.93. The second kappa shape index (κ2) is 7.75. The number of aromatic nitrogens is 1.